The zero-order valence-electron chi connectivity index (χ0n) is 8.20. The molecule has 2 aromatic heterocycles. The molecule has 3 rings (SSSR count). The van der Waals surface area contributed by atoms with Crippen molar-refractivity contribution in [1.82, 2.24) is 9.97 Å². The molecule has 0 saturated heterocycles. The summed E-state index contributed by atoms with van der Waals surface area (Å²) in [5, 5.41) is 2.03. The first-order chi connectivity index (χ1) is 7.74. The van der Waals surface area contributed by atoms with Gasteiger partial charge in [-0.1, -0.05) is 0 Å². The second kappa shape index (κ2) is 3.61. The highest BCUT2D eigenvalue weighted by Gasteiger charge is 2.09. The monoisotopic (exact) mass is 293 g/mol. The lowest BCUT2D eigenvalue weighted by molar-refractivity contribution is 1.35. The molecule has 0 radical (unpaired) electrons. The Labute approximate surface area is 104 Å². The van der Waals surface area contributed by atoms with E-state index in [9.17, 15) is 0 Å². The fourth-order valence-electron chi connectivity index (χ4n) is 1.60. The molecule has 3 N–H and O–H groups in total. The van der Waals surface area contributed by atoms with Crippen LogP contribution in [0.25, 0.3) is 21.7 Å². The van der Waals surface area contributed by atoms with Gasteiger partial charge >= 0.3 is 0 Å². The molecule has 0 spiro atoms. The number of aromatic amines is 1. The Morgan fingerprint density at radius 1 is 1.31 bits per heavy atom. The summed E-state index contributed by atoms with van der Waals surface area (Å²) >= 11 is 5.15. The number of thiophene rings is 1. The summed E-state index contributed by atoms with van der Waals surface area (Å²) < 4.78 is 1.06. The normalized spacial score (nSPS) is 11.1. The number of hydrogen-bond acceptors (Lipinski definition) is 3. The minimum atomic E-state index is 0.743. The van der Waals surface area contributed by atoms with Crippen molar-refractivity contribution in [2.75, 3.05) is 5.73 Å². The molecular weight excluding hydrogens is 286 g/mol. The van der Waals surface area contributed by atoms with E-state index in [4.69, 9.17) is 5.73 Å². The third-order valence-corrected chi connectivity index (χ3v) is 4.18. The molecule has 2 heterocycles. The van der Waals surface area contributed by atoms with E-state index in [2.05, 4.69) is 25.9 Å². The van der Waals surface area contributed by atoms with Crippen LogP contribution in [0.3, 0.4) is 0 Å². The van der Waals surface area contributed by atoms with E-state index >= 15 is 0 Å². The van der Waals surface area contributed by atoms with Crippen LogP contribution in [-0.4, -0.2) is 9.97 Å². The second-order valence-electron chi connectivity index (χ2n) is 3.46. The van der Waals surface area contributed by atoms with E-state index in [1.165, 1.54) is 0 Å². The molecule has 0 unspecified atom stereocenters. The first-order valence-corrected chi connectivity index (χ1v) is 6.40. The van der Waals surface area contributed by atoms with Crippen molar-refractivity contribution >= 4 is 44.0 Å². The van der Waals surface area contributed by atoms with Gasteiger partial charge in [-0.2, -0.15) is 0 Å². The third-order valence-electron chi connectivity index (χ3n) is 2.34. The Bertz CT molecular complexity index is 656. The summed E-state index contributed by atoms with van der Waals surface area (Å²) in [4.78, 5) is 8.90. The summed E-state index contributed by atoms with van der Waals surface area (Å²) in [7, 11) is 0. The van der Waals surface area contributed by atoms with Crippen LogP contribution in [0.2, 0.25) is 0 Å². The molecule has 0 aliphatic rings. The molecule has 3 nitrogen and oxygen atoms in total. The van der Waals surface area contributed by atoms with E-state index in [-0.39, 0.29) is 0 Å². The van der Waals surface area contributed by atoms with Gasteiger partial charge in [0.1, 0.15) is 5.82 Å². The van der Waals surface area contributed by atoms with Gasteiger partial charge in [0.25, 0.3) is 0 Å². The molecule has 80 valence electrons. The number of nitrogens with two attached hydrogens (primary N) is 1. The quantitative estimate of drug-likeness (QED) is 0.673. The van der Waals surface area contributed by atoms with E-state index in [1.807, 2.05) is 29.6 Å². The van der Waals surface area contributed by atoms with Crippen molar-refractivity contribution in [3.05, 3.63) is 34.1 Å². The highest BCUT2D eigenvalue weighted by Crippen LogP contribution is 2.32. The maximum Gasteiger partial charge on any atom is 0.149 e. The Morgan fingerprint density at radius 2 is 2.19 bits per heavy atom. The standard InChI is InChI=1S/C11H8BrN3S/c12-7-3-4-16-10(7)11-14-8-2-1-6(13)5-9(8)15-11/h1-5H,13H2,(H,14,15). The molecule has 0 fully saturated rings. The van der Waals surface area contributed by atoms with Crippen molar-refractivity contribution < 1.29 is 0 Å². The topological polar surface area (TPSA) is 54.7 Å². The van der Waals surface area contributed by atoms with Crippen molar-refractivity contribution in [3.63, 3.8) is 0 Å². The van der Waals surface area contributed by atoms with Gasteiger partial charge in [-0.05, 0) is 45.6 Å². The van der Waals surface area contributed by atoms with Gasteiger partial charge in [0.2, 0.25) is 0 Å². The largest absolute Gasteiger partial charge is 0.399 e. The number of H-pyrrole nitrogens is 1. The fraction of sp³-hybridized carbons (Fsp3) is 0. The molecule has 0 bridgehead atoms. The average molecular weight is 294 g/mol. The molecule has 16 heavy (non-hydrogen) atoms. The molecule has 0 saturated carbocycles. The van der Waals surface area contributed by atoms with Gasteiger partial charge in [-0.15, -0.1) is 11.3 Å². The summed E-state index contributed by atoms with van der Waals surface area (Å²) in [6.45, 7) is 0. The number of nitrogen functional groups attached to an aromatic ring is 1. The van der Waals surface area contributed by atoms with Crippen LogP contribution in [0, 0.1) is 0 Å². The highest BCUT2D eigenvalue weighted by atomic mass is 79.9. The lowest BCUT2D eigenvalue weighted by Gasteiger charge is -1.91. The number of imidazole rings is 1. The molecule has 0 amide bonds. The van der Waals surface area contributed by atoms with Crippen molar-refractivity contribution in [3.8, 4) is 10.7 Å². The maximum absolute atomic E-state index is 5.73. The van der Waals surface area contributed by atoms with Crippen LogP contribution in [0.15, 0.2) is 34.1 Å². The number of aromatic nitrogens is 2. The van der Waals surface area contributed by atoms with Crippen LogP contribution >= 0.6 is 27.3 Å². The Kier molecular flexibility index (Phi) is 2.22. The molecule has 5 heteroatoms. The van der Waals surface area contributed by atoms with Gasteiger partial charge in [-0.25, -0.2) is 4.98 Å². The van der Waals surface area contributed by atoms with Crippen LogP contribution in [0.5, 0.6) is 0 Å². The zero-order chi connectivity index (χ0) is 11.1. The van der Waals surface area contributed by atoms with Gasteiger partial charge in [-0.3, -0.25) is 0 Å². The number of fused-ring (bicyclic) bond motifs is 1. The molecular formula is C11H8BrN3S. The number of hydrogen-bond donors (Lipinski definition) is 2. The van der Waals surface area contributed by atoms with Crippen molar-refractivity contribution in [2.24, 2.45) is 0 Å². The molecule has 0 aliphatic carbocycles. The summed E-state index contributed by atoms with van der Waals surface area (Å²) in [5.74, 6) is 0.877. The number of nitrogens with zero attached hydrogens (tertiary/aromatic N) is 1. The van der Waals surface area contributed by atoms with E-state index in [0.717, 1.165) is 31.9 Å². The predicted octanol–water partition coefficient (Wildman–Crippen LogP) is 3.64. The predicted molar refractivity (Wildman–Crippen MR) is 71.5 cm³/mol. The molecule has 1 aromatic carbocycles. The highest BCUT2D eigenvalue weighted by molar-refractivity contribution is 9.10. The summed E-state index contributed by atoms with van der Waals surface area (Å²) in [6, 6.07) is 7.69. The smallest absolute Gasteiger partial charge is 0.149 e. The van der Waals surface area contributed by atoms with Crippen LogP contribution in [0.1, 0.15) is 0 Å². The van der Waals surface area contributed by atoms with Gasteiger partial charge in [0, 0.05) is 10.2 Å². The number of anilines is 1. The molecule has 0 atom stereocenters. The second-order valence-corrected chi connectivity index (χ2v) is 5.23. The third kappa shape index (κ3) is 1.52. The number of halogens is 1. The number of rotatable bonds is 1. The summed E-state index contributed by atoms with van der Waals surface area (Å²) in [5.41, 5.74) is 8.37. The van der Waals surface area contributed by atoms with Crippen molar-refractivity contribution in [1.29, 1.82) is 0 Å². The first-order valence-electron chi connectivity index (χ1n) is 4.72. The van der Waals surface area contributed by atoms with Crippen LogP contribution in [0.4, 0.5) is 5.69 Å². The maximum atomic E-state index is 5.73. The Balaban J connectivity index is 2.23. The lowest BCUT2D eigenvalue weighted by atomic mass is 10.3. The fourth-order valence-corrected chi connectivity index (χ4v) is 3.10. The molecule has 0 aliphatic heterocycles. The summed E-state index contributed by atoms with van der Waals surface area (Å²) in [6.07, 6.45) is 0. The van der Waals surface area contributed by atoms with Crippen LogP contribution in [-0.2, 0) is 0 Å². The number of benzene rings is 1. The minimum absolute atomic E-state index is 0.743. The zero-order valence-corrected chi connectivity index (χ0v) is 10.6. The van der Waals surface area contributed by atoms with Gasteiger partial charge in [0.05, 0.1) is 15.9 Å². The van der Waals surface area contributed by atoms with Gasteiger partial charge in [0.15, 0.2) is 0 Å². The van der Waals surface area contributed by atoms with Gasteiger partial charge < -0.3 is 10.7 Å². The number of nitrogens with one attached hydrogen (secondary N) is 1. The Hall–Kier alpha value is -1.33. The average Bonchev–Trinajstić information content (AvgIpc) is 2.82. The van der Waals surface area contributed by atoms with Crippen LogP contribution < -0.4 is 5.73 Å². The minimum Gasteiger partial charge on any atom is -0.399 e. The Morgan fingerprint density at radius 3 is 2.94 bits per heavy atom. The first kappa shape index (κ1) is 9.86. The van der Waals surface area contributed by atoms with E-state index in [1.54, 1.807) is 11.3 Å². The van der Waals surface area contributed by atoms with E-state index in [0.29, 0.717) is 0 Å². The molecule has 3 aromatic rings. The van der Waals surface area contributed by atoms with Crippen molar-refractivity contribution in [2.45, 2.75) is 0 Å². The van der Waals surface area contributed by atoms with E-state index < -0.39 is 0 Å². The lowest BCUT2D eigenvalue weighted by Crippen LogP contribution is -1.82. The SMILES string of the molecule is Nc1ccc2nc(-c3sccc3Br)[nH]c2c1.